The zero-order valence-electron chi connectivity index (χ0n) is 19.6. The van der Waals surface area contributed by atoms with Crippen LogP contribution in [0.3, 0.4) is 0 Å². The van der Waals surface area contributed by atoms with Gasteiger partial charge in [0.1, 0.15) is 0 Å². The number of likely N-dealkylation sites (tertiary alicyclic amines) is 1. The van der Waals surface area contributed by atoms with Crippen LogP contribution in [0.15, 0.2) is 53.8 Å². The van der Waals surface area contributed by atoms with Crippen LogP contribution in [0.2, 0.25) is 10.0 Å². The van der Waals surface area contributed by atoms with E-state index in [9.17, 15) is 9.59 Å². The van der Waals surface area contributed by atoms with Gasteiger partial charge in [-0.3, -0.25) is 13.9 Å². The van der Waals surface area contributed by atoms with Crippen molar-refractivity contribution < 1.29 is 4.79 Å². The number of carbonyl (C=O) groups is 1. The molecule has 0 aliphatic carbocycles. The van der Waals surface area contributed by atoms with E-state index in [1.807, 2.05) is 41.8 Å². The highest BCUT2D eigenvalue weighted by Gasteiger charge is 2.24. The average Bonchev–Trinajstić information content (AvgIpc) is 3.10. The number of piperidine rings is 1. The van der Waals surface area contributed by atoms with Crippen LogP contribution >= 0.6 is 23.2 Å². The van der Waals surface area contributed by atoms with Crippen LogP contribution in [0.4, 0.5) is 5.69 Å². The molecule has 8 heteroatoms. The molecule has 0 radical (unpaired) electrons. The summed E-state index contributed by atoms with van der Waals surface area (Å²) < 4.78 is 3.53. The van der Waals surface area contributed by atoms with E-state index in [4.69, 9.17) is 23.2 Å². The van der Waals surface area contributed by atoms with Crippen LogP contribution in [0, 0.1) is 5.92 Å². The van der Waals surface area contributed by atoms with E-state index in [1.54, 1.807) is 28.5 Å². The van der Waals surface area contributed by atoms with Crippen molar-refractivity contribution in [2.45, 2.75) is 33.2 Å². The van der Waals surface area contributed by atoms with Gasteiger partial charge in [0.2, 0.25) is 5.91 Å². The fourth-order valence-electron chi connectivity index (χ4n) is 4.75. The first-order valence-electron chi connectivity index (χ1n) is 11.6. The summed E-state index contributed by atoms with van der Waals surface area (Å²) in [6.07, 6.45) is 1.99. The zero-order chi connectivity index (χ0) is 24.4. The molecule has 1 fully saturated rings. The summed E-state index contributed by atoms with van der Waals surface area (Å²) in [4.78, 5) is 29.5. The van der Waals surface area contributed by atoms with Crippen LogP contribution < -0.4 is 10.6 Å². The van der Waals surface area contributed by atoms with Gasteiger partial charge in [-0.25, -0.2) is 4.79 Å². The standard InChI is InChI=1S/C26H30Cl2N4O2/c1-18(2)32-25-7-5-4-6-24(25)30(26(32)34)15-14-29-12-10-20(11-13-29)17-31(19(3)33)21-8-9-22(27)23(28)16-21/h4-9,16,20H,1,10-15,17H2,2-3H3. The van der Waals surface area contributed by atoms with Crippen molar-refractivity contribution >= 4 is 51.5 Å². The molecule has 2 aromatic carbocycles. The summed E-state index contributed by atoms with van der Waals surface area (Å²) in [6.45, 7) is 11.4. The van der Waals surface area contributed by atoms with Gasteiger partial charge in [-0.05, 0) is 69.1 Å². The van der Waals surface area contributed by atoms with Crippen LogP contribution in [-0.2, 0) is 11.3 Å². The lowest BCUT2D eigenvalue weighted by atomic mass is 9.96. The Morgan fingerprint density at radius 1 is 1.03 bits per heavy atom. The maximum Gasteiger partial charge on any atom is 0.333 e. The summed E-state index contributed by atoms with van der Waals surface area (Å²) in [5.41, 5.74) is 3.28. The molecule has 1 saturated heterocycles. The Morgan fingerprint density at radius 2 is 1.71 bits per heavy atom. The summed E-state index contributed by atoms with van der Waals surface area (Å²) in [5.74, 6) is 0.400. The Morgan fingerprint density at radius 3 is 2.32 bits per heavy atom. The minimum Gasteiger partial charge on any atom is -0.312 e. The minimum atomic E-state index is -0.0395. The first kappa shape index (κ1) is 24.6. The van der Waals surface area contributed by atoms with E-state index in [2.05, 4.69) is 11.5 Å². The molecule has 0 unspecified atom stereocenters. The molecule has 1 aliphatic rings. The molecule has 1 amide bonds. The van der Waals surface area contributed by atoms with E-state index >= 15 is 0 Å². The SMILES string of the molecule is C=C(C)n1c(=O)n(CCN2CCC(CN(C(C)=O)c3ccc(Cl)c(Cl)c3)CC2)c2ccccc21. The predicted octanol–water partition coefficient (Wildman–Crippen LogP) is 5.37. The Bertz CT molecular complexity index is 1270. The maximum absolute atomic E-state index is 13.0. The van der Waals surface area contributed by atoms with Gasteiger partial charge in [0.15, 0.2) is 0 Å². The molecular weight excluding hydrogens is 471 g/mol. The van der Waals surface area contributed by atoms with Gasteiger partial charge in [0.05, 0.1) is 21.1 Å². The largest absolute Gasteiger partial charge is 0.333 e. The molecule has 34 heavy (non-hydrogen) atoms. The number of fused-ring (bicyclic) bond motifs is 1. The molecule has 6 nitrogen and oxygen atoms in total. The molecule has 4 rings (SSSR count). The van der Waals surface area contributed by atoms with Crippen molar-refractivity contribution in [3.05, 3.63) is 69.6 Å². The summed E-state index contributed by atoms with van der Waals surface area (Å²) in [5, 5.41) is 0.927. The molecule has 2 heterocycles. The van der Waals surface area contributed by atoms with Gasteiger partial charge >= 0.3 is 5.69 Å². The molecule has 0 saturated carbocycles. The quantitative estimate of drug-likeness (QED) is 0.438. The number of amides is 1. The second-order valence-electron chi connectivity index (χ2n) is 9.01. The maximum atomic E-state index is 13.0. The fraction of sp³-hybridized carbons (Fsp3) is 0.385. The van der Waals surface area contributed by atoms with Crippen LogP contribution in [-0.4, -0.2) is 46.1 Å². The number of carbonyl (C=O) groups excluding carboxylic acids is 1. The highest BCUT2D eigenvalue weighted by atomic mass is 35.5. The number of anilines is 1. The number of nitrogens with zero attached hydrogens (tertiary/aromatic N) is 4. The molecule has 0 atom stereocenters. The van der Waals surface area contributed by atoms with Gasteiger partial charge in [0, 0.05) is 37.9 Å². The fourth-order valence-corrected chi connectivity index (χ4v) is 5.05. The number of aromatic nitrogens is 2. The van der Waals surface area contributed by atoms with Gasteiger partial charge in [-0.15, -0.1) is 0 Å². The van der Waals surface area contributed by atoms with Gasteiger partial charge in [-0.1, -0.05) is 41.9 Å². The van der Waals surface area contributed by atoms with Gasteiger partial charge < -0.3 is 9.80 Å². The van der Waals surface area contributed by atoms with Crippen molar-refractivity contribution in [2.24, 2.45) is 5.92 Å². The third-order valence-corrected chi connectivity index (χ3v) is 7.34. The number of allylic oxidation sites excluding steroid dienone is 1. The Balaban J connectivity index is 1.38. The number of hydrogen-bond acceptors (Lipinski definition) is 3. The summed E-state index contributed by atoms with van der Waals surface area (Å²) in [7, 11) is 0. The Kier molecular flexibility index (Phi) is 7.51. The number of imidazole rings is 1. The van der Waals surface area contributed by atoms with Crippen molar-refractivity contribution in [1.82, 2.24) is 14.0 Å². The third-order valence-electron chi connectivity index (χ3n) is 6.60. The third kappa shape index (κ3) is 5.09. The second kappa shape index (κ2) is 10.4. The minimum absolute atomic E-state index is 0.00547. The van der Waals surface area contributed by atoms with Crippen LogP contribution in [0.1, 0.15) is 26.7 Å². The Hall–Kier alpha value is -2.54. The van der Waals surface area contributed by atoms with E-state index in [0.717, 1.165) is 54.9 Å². The van der Waals surface area contributed by atoms with Crippen LogP contribution in [0.25, 0.3) is 16.7 Å². The Labute approximate surface area is 210 Å². The molecular formula is C26H30Cl2N4O2. The van der Waals surface area contributed by atoms with E-state index in [-0.39, 0.29) is 11.6 Å². The number of benzene rings is 2. The van der Waals surface area contributed by atoms with Crippen molar-refractivity contribution in [3.8, 4) is 0 Å². The van der Waals surface area contributed by atoms with Gasteiger partial charge in [-0.2, -0.15) is 0 Å². The lowest BCUT2D eigenvalue weighted by molar-refractivity contribution is -0.116. The molecule has 1 aromatic heterocycles. The molecule has 0 spiro atoms. The first-order chi connectivity index (χ1) is 16.3. The van der Waals surface area contributed by atoms with Crippen molar-refractivity contribution in [1.29, 1.82) is 0 Å². The number of para-hydroxylation sites is 2. The lowest BCUT2D eigenvalue weighted by Crippen LogP contribution is -2.41. The average molecular weight is 501 g/mol. The molecule has 3 aromatic rings. The first-order valence-corrected chi connectivity index (χ1v) is 12.3. The predicted molar refractivity (Wildman–Crippen MR) is 141 cm³/mol. The lowest BCUT2D eigenvalue weighted by Gasteiger charge is -2.34. The zero-order valence-corrected chi connectivity index (χ0v) is 21.1. The monoisotopic (exact) mass is 500 g/mol. The molecule has 1 aliphatic heterocycles. The smallest absolute Gasteiger partial charge is 0.312 e. The topological polar surface area (TPSA) is 50.5 Å². The molecule has 180 valence electrons. The van der Waals surface area contributed by atoms with Crippen molar-refractivity contribution in [3.63, 3.8) is 0 Å². The summed E-state index contributed by atoms with van der Waals surface area (Å²) in [6, 6.07) is 13.2. The van der Waals surface area contributed by atoms with Crippen molar-refractivity contribution in [2.75, 3.05) is 31.1 Å². The number of rotatable bonds is 7. The highest BCUT2D eigenvalue weighted by Crippen LogP contribution is 2.29. The van der Waals surface area contributed by atoms with Crippen LogP contribution in [0.5, 0.6) is 0 Å². The van der Waals surface area contributed by atoms with Gasteiger partial charge in [0.25, 0.3) is 0 Å². The molecule has 0 N–H and O–H groups in total. The normalized spacial score (nSPS) is 15.1. The number of hydrogen-bond donors (Lipinski definition) is 0. The second-order valence-corrected chi connectivity index (χ2v) is 9.82. The number of halogens is 2. The van der Waals surface area contributed by atoms with E-state index < -0.39 is 0 Å². The summed E-state index contributed by atoms with van der Waals surface area (Å²) >= 11 is 12.2. The highest BCUT2D eigenvalue weighted by molar-refractivity contribution is 6.42. The van der Waals surface area contributed by atoms with E-state index in [1.165, 1.54) is 0 Å². The molecule has 0 bridgehead atoms. The van der Waals surface area contributed by atoms with E-state index in [0.29, 0.717) is 29.1 Å².